The first-order chi connectivity index (χ1) is 21.8. The number of pyridine rings is 2. The molecule has 2 aromatic carbocycles. The minimum absolute atomic E-state index is 0.245. The van der Waals surface area contributed by atoms with Crippen LogP contribution in [0.4, 0.5) is 76.2 Å². The van der Waals surface area contributed by atoms with Crippen LogP contribution in [0, 0.1) is 58.2 Å². The van der Waals surface area contributed by atoms with Gasteiger partial charge in [0, 0.05) is 34.7 Å². The molecule has 4 aromatic rings. The van der Waals surface area contributed by atoms with Crippen LogP contribution in [0.25, 0.3) is 0 Å². The molecule has 4 rings (SSSR count). The molecule has 0 radical (unpaired) electrons. The highest BCUT2D eigenvalue weighted by atomic mass is 32.3. The number of benzene rings is 2. The zero-order valence-electron chi connectivity index (χ0n) is 22.3. The van der Waals surface area contributed by atoms with Crippen LogP contribution in [-0.2, 0) is 10.4 Å². The van der Waals surface area contributed by atoms with Crippen molar-refractivity contribution in [2.75, 3.05) is 21.3 Å². The second-order valence-corrected chi connectivity index (χ2v) is 8.85. The van der Waals surface area contributed by atoms with Gasteiger partial charge in [-0.25, -0.2) is 63.5 Å². The van der Waals surface area contributed by atoms with Crippen LogP contribution in [0.15, 0.2) is 49.1 Å². The smallest absolute Gasteiger partial charge is 0.323 e. The molecule has 0 spiro atoms. The number of carbonyl (C=O) groups excluding carboxylic acids is 2. The van der Waals surface area contributed by atoms with E-state index in [-0.39, 0.29) is 11.4 Å². The number of halogens is 10. The molecule has 6 N–H and O–H groups in total. The van der Waals surface area contributed by atoms with E-state index in [9.17, 15) is 53.5 Å². The Morgan fingerprint density at radius 3 is 0.915 bits per heavy atom. The van der Waals surface area contributed by atoms with E-state index in [4.69, 9.17) is 17.5 Å². The van der Waals surface area contributed by atoms with Gasteiger partial charge < -0.3 is 30.4 Å². The minimum atomic E-state index is -5.17. The Morgan fingerprint density at radius 2 is 0.681 bits per heavy atom. The van der Waals surface area contributed by atoms with Gasteiger partial charge in [-0.05, 0) is 0 Å². The topological polar surface area (TPSA) is 191 Å². The molecule has 0 aliphatic rings. The van der Waals surface area contributed by atoms with Crippen molar-refractivity contribution in [3.05, 3.63) is 107 Å². The lowest BCUT2D eigenvalue weighted by molar-refractivity contribution is -0.378. The number of rotatable bonds is 4. The zero-order chi connectivity index (χ0) is 35.6. The van der Waals surface area contributed by atoms with Crippen LogP contribution < -0.4 is 31.2 Å². The van der Waals surface area contributed by atoms with Crippen molar-refractivity contribution in [1.82, 2.24) is 0 Å². The van der Waals surface area contributed by atoms with Crippen LogP contribution in [0.2, 0.25) is 0 Å². The van der Waals surface area contributed by atoms with E-state index in [0.717, 1.165) is 0 Å². The maximum atomic E-state index is 13.3. The Kier molecular flexibility index (Phi) is 12.9. The molecule has 4 amide bonds. The second-order valence-electron chi connectivity index (χ2n) is 8.03. The third-order valence-electron chi connectivity index (χ3n) is 4.85. The van der Waals surface area contributed by atoms with Crippen molar-refractivity contribution < 1.29 is 81.0 Å². The summed E-state index contributed by atoms with van der Waals surface area (Å²) >= 11 is 0. The summed E-state index contributed by atoms with van der Waals surface area (Å²) in [6, 6.07) is 3.33. The Balaban J connectivity index is 0.000000286. The molecule has 0 saturated heterocycles. The maximum Gasteiger partial charge on any atom is 0.323 e. The highest BCUT2D eigenvalue weighted by Crippen LogP contribution is 2.28. The molecular weight excluding hydrogens is 690 g/mol. The number of H-pyrrole nitrogens is 2. The molecule has 47 heavy (non-hydrogen) atoms. The van der Waals surface area contributed by atoms with Crippen LogP contribution in [0.1, 0.15) is 0 Å². The summed E-state index contributed by atoms with van der Waals surface area (Å²) < 4.78 is 165. The van der Waals surface area contributed by atoms with E-state index in [1.807, 2.05) is 0 Å². The number of hydrogen-bond donors (Lipinski definition) is 4. The summed E-state index contributed by atoms with van der Waals surface area (Å²) in [6.45, 7) is 0. The highest BCUT2D eigenvalue weighted by molar-refractivity contribution is 7.79. The van der Waals surface area contributed by atoms with Crippen molar-refractivity contribution in [1.29, 1.82) is 0 Å². The summed E-state index contributed by atoms with van der Waals surface area (Å²) in [5.74, 6) is -21.6. The maximum absolute atomic E-state index is 13.3. The van der Waals surface area contributed by atoms with Crippen molar-refractivity contribution in [3.63, 3.8) is 0 Å². The molecule has 0 aliphatic carbocycles. The lowest BCUT2D eigenvalue weighted by Crippen LogP contribution is -2.22. The van der Waals surface area contributed by atoms with Gasteiger partial charge >= 0.3 is 12.1 Å². The third kappa shape index (κ3) is 10.8. The van der Waals surface area contributed by atoms with Gasteiger partial charge in [-0.1, -0.05) is 0 Å². The van der Waals surface area contributed by atoms with E-state index in [1.54, 1.807) is 10.6 Å². The Hall–Kier alpha value is -5.55. The predicted molar refractivity (Wildman–Crippen MR) is 134 cm³/mol. The number of amides is 4. The number of nitrogens with one attached hydrogen (secondary N) is 6. The van der Waals surface area contributed by atoms with E-state index in [2.05, 4.69) is 20.6 Å². The van der Waals surface area contributed by atoms with Gasteiger partial charge in [-0.15, -0.1) is 0 Å². The SMILES string of the molecule is O=C(Nc1cc[nH+]cc1)Nc1c(F)c(F)c(F)c(F)c1F.O=C(Nc1cc[nH+]cc1)Nc1c(F)c(F)c(F)c(F)c1F.O=S(=O)([O-])[O-]. The normalized spacial score (nSPS) is 10.5. The zero-order valence-corrected chi connectivity index (χ0v) is 23.1. The Bertz CT molecular complexity index is 1690. The van der Waals surface area contributed by atoms with Gasteiger partial charge in [0.15, 0.2) is 71.3 Å². The van der Waals surface area contributed by atoms with E-state index < -0.39 is 92.0 Å². The predicted octanol–water partition coefficient (Wildman–Crippen LogP) is 4.34. The molecule has 12 nitrogen and oxygen atoms in total. The van der Waals surface area contributed by atoms with Crippen LogP contribution in [-0.4, -0.2) is 29.6 Å². The van der Waals surface area contributed by atoms with Crippen LogP contribution >= 0.6 is 0 Å². The quantitative estimate of drug-likeness (QED) is 0.0803. The molecule has 0 unspecified atom stereocenters. The second kappa shape index (κ2) is 16.1. The molecule has 2 heterocycles. The average molecular weight is 704 g/mol. The lowest BCUT2D eigenvalue weighted by Gasteiger charge is -2.10. The van der Waals surface area contributed by atoms with E-state index >= 15 is 0 Å². The first-order valence-corrected chi connectivity index (χ1v) is 12.9. The van der Waals surface area contributed by atoms with Gasteiger partial charge in [0.2, 0.25) is 11.6 Å². The first kappa shape index (κ1) is 37.6. The fourth-order valence-corrected chi connectivity index (χ4v) is 2.92. The minimum Gasteiger partial charge on any atom is -0.759 e. The van der Waals surface area contributed by atoms with Crippen molar-refractivity contribution >= 4 is 45.2 Å². The number of hydrogen-bond acceptors (Lipinski definition) is 6. The molecule has 252 valence electrons. The fraction of sp³-hybridized carbons (Fsp3) is 0. The van der Waals surface area contributed by atoms with Crippen LogP contribution in [0.3, 0.4) is 0 Å². The van der Waals surface area contributed by atoms with Crippen molar-refractivity contribution in [2.45, 2.75) is 0 Å². The monoisotopic (exact) mass is 704 g/mol. The van der Waals surface area contributed by atoms with Crippen molar-refractivity contribution in [3.8, 4) is 0 Å². The van der Waals surface area contributed by atoms with Gasteiger partial charge in [-0.2, -0.15) is 0 Å². The van der Waals surface area contributed by atoms with Gasteiger partial charge in [0.1, 0.15) is 11.4 Å². The van der Waals surface area contributed by atoms with E-state index in [1.165, 1.54) is 49.1 Å². The van der Waals surface area contributed by atoms with Gasteiger partial charge in [-0.3, -0.25) is 8.42 Å². The van der Waals surface area contributed by atoms with E-state index in [0.29, 0.717) is 0 Å². The number of anilines is 4. The summed E-state index contributed by atoms with van der Waals surface area (Å²) in [6.07, 6.45) is 5.81. The summed E-state index contributed by atoms with van der Waals surface area (Å²) in [5, 5.41) is 7.47. The third-order valence-corrected chi connectivity index (χ3v) is 4.85. The Morgan fingerprint density at radius 1 is 0.468 bits per heavy atom. The first-order valence-electron chi connectivity index (χ1n) is 11.6. The number of carbonyl (C=O) groups is 2. The summed E-state index contributed by atoms with van der Waals surface area (Å²) in [4.78, 5) is 28.3. The standard InChI is InChI=1S/2C12H6F5N3O.H2O4S/c2*13-6-7(14)9(16)11(10(17)8(6)15)20-12(21)19-5-1-3-18-4-2-5;1-5(2,3)4/h2*1-4H,(H2,18,19,20,21);(H2,1,2,3,4). The highest BCUT2D eigenvalue weighted by Gasteiger charge is 2.28. The van der Waals surface area contributed by atoms with Gasteiger partial charge in [0.25, 0.3) is 0 Å². The van der Waals surface area contributed by atoms with Crippen LogP contribution in [0.5, 0.6) is 0 Å². The number of urea groups is 2. The molecule has 2 aromatic heterocycles. The number of aromatic amines is 2. The fourth-order valence-electron chi connectivity index (χ4n) is 2.92. The molecular formula is C24H14F10N6O6S. The lowest BCUT2D eigenvalue weighted by atomic mass is 10.2. The summed E-state index contributed by atoms with van der Waals surface area (Å²) in [7, 11) is -5.17. The van der Waals surface area contributed by atoms with Crippen molar-refractivity contribution in [2.24, 2.45) is 0 Å². The molecule has 0 bridgehead atoms. The summed E-state index contributed by atoms with van der Waals surface area (Å²) in [5.41, 5.74) is -2.36. The average Bonchev–Trinajstić information content (AvgIpc) is 3.02. The molecule has 0 aliphatic heterocycles. The van der Waals surface area contributed by atoms with Gasteiger partial charge in [0.05, 0.1) is 11.4 Å². The molecule has 0 fully saturated rings. The largest absolute Gasteiger partial charge is 0.759 e. The molecule has 0 saturated carbocycles. The Labute approximate surface area is 255 Å². The molecule has 23 heteroatoms. The molecule has 0 atom stereocenters. The number of aromatic nitrogens is 2.